The van der Waals surface area contributed by atoms with E-state index in [1.807, 2.05) is 111 Å². The number of aliphatic hydroxyl groups is 2. The van der Waals surface area contributed by atoms with E-state index in [4.69, 9.17) is 0 Å². The van der Waals surface area contributed by atoms with Crippen LogP contribution in [0.4, 0.5) is 0 Å². The van der Waals surface area contributed by atoms with Crippen LogP contribution in [0, 0.1) is 0 Å². The maximum atomic E-state index is 10.2. The highest BCUT2D eigenvalue weighted by Crippen LogP contribution is 2.30. The first-order valence-corrected chi connectivity index (χ1v) is 11.1. The zero-order valence-corrected chi connectivity index (χ0v) is 18.8. The smallest absolute Gasteiger partial charge is 0.0855 e. The van der Waals surface area contributed by atoms with Crippen molar-refractivity contribution in [3.63, 3.8) is 0 Å². The first kappa shape index (κ1) is 23.5. The molecule has 0 aromatic heterocycles. The Kier molecular flexibility index (Phi) is 8.79. The van der Waals surface area contributed by atoms with E-state index in [2.05, 4.69) is 24.3 Å². The molecule has 32 heavy (non-hydrogen) atoms. The van der Waals surface area contributed by atoms with Gasteiger partial charge in [0, 0.05) is 11.8 Å². The molecule has 2 N–H and O–H groups in total. The minimum atomic E-state index is -0.441. The average Bonchev–Trinajstić information content (AvgIpc) is 2.89. The summed E-state index contributed by atoms with van der Waals surface area (Å²) < 4.78 is 0. The molecule has 2 heteroatoms. The summed E-state index contributed by atoms with van der Waals surface area (Å²) in [5.41, 5.74) is 4.27. The van der Waals surface area contributed by atoms with E-state index in [-0.39, 0.29) is 11.8 Å². The first-order chi connectivity index (χ1) is 15.6. The van der Waals surface area contributed by atoms with Gasteiger partial charge < -0.3 is 10.2 Å². The van der Waals surface area contributed by atoms with E-state index < -0.39 is 12.2 Å². The lowest BCUT2D eigenvalue weighted by molar-refractivity contribution is 0.151. The van der Waals surface area contributed by atoms with Crippen molar-refractivity contribution in [2.24, 2.45) is 0 Å². The third-order valence-corrected chi connectivity index (χ3v) is 5.88. The molecule has 0 saturated heterocycles. The van der Waals surface area contributed by atoms with Gasteiger partial charge in [0.1, 0.15) is 0 Å². The Morgan fingerprint density at radius 2 is 0.594 bits per heavy atom. The predicted molar refractivity (Wildman–Crippen MR) is 133 cm³/mol. The lowest BCUT2D eigenvalue weighted by Crippen LogP contribution is -2.07. The predicted octanol–water partition coefficient (Wildman–Crippen LogP) is 7.05. The van der Waals surface area contributed by atoms with Gasteiger partial charge in [-0.05, 0) is 22.3 Å². The summed E-state index contributed by atoms with van der Waals surface area (Å²) in [7, 11) is 0. The van der Waals surface area contributed by atoms with Crippen molar-refractivity contribution in [2.75, 3.05) is 0 Å². The zero-order valence-electron chi connectivity index (χ0n) is 18.8. The molecule has 0 saturated carbocycles. The second-order valence-corrected chi connectivity index (χ2v) is 8.11. The molecule has 4 aromatic carbocycles. The van der Waals surface area contributed by atoms with Crippen molar-refractivity contribution >= 4 is 0 Å². The van der Waals surface area contributed by atoms with Crippen LogP contribution in [-0.4, -0.2) is 10.2 Å². The summed E-state index contributed by atoms with van der Waals surface area (Å²) >= 11 is 0. The molecular formula is C30H32O2. The zero-order chi connectivity index (χ0) is 22.8. The molecule has 2 nitrogen and oxygen atoms in total. The van der Waals surface area contributed by atoms with E-state index >= 15 is 0 Å². The number of benzene rings is 4. The van der Waals surface area contributed by atoms with Gasteiger partial charge in [-0.3, -0.25) is 0 Å². The van der Waals surface area contributed by atoms with Gasteiger partial charge in [0.2, 0.25) is 0 Å². The third-order valence-electron chi connectivity index (χ3n) is 5.88. The molecule has 4 rings (SSSR count). The molecule has 0 heterocycles. The average molecular weight is 425 g/mol. The van der Waals surface area contributed by atoms with Crippen LogP contribution in [0.15, 0.2) is 121 Å². The number of aliphatic hydroxyl groups excluding tert-OH is 2. The van der Waals surface area contributed by atoms with Crippen LogP contribution in [0.3, 0.4) is 0 Å². The second-order valence-electron chi connectivity index (χ2n) is 8.11. The van der Waals surface area contributed by atoms with Crippen LogP contribution in [0.2, 0.25) is 0 Å². The molecule has 0 aliphatic carbocycles. The summed E-state index contributed by atoms with van der Waals surface area (Å²) in [6, 6.07) is 39.8. The summed E-state index contributed by atoms with van der Waals surface area (Å²) in [5, 5.41) is 20.5. The van der Waals surface area contributed by atoms with Crippen molar-refractivity contribution in [2.45, 2.75) is 37.9 Å². The largest absolute Gasteiger partial charge is 0.388 e. The van der Waals surface area contributed by atoms with Crippen LogP contribution in [0.1, 0.15) is 60.1 Å². The number of rotatable bonds is 6. The quantitative estimate of drug-likeness (QED) is 0.348. The molecule has 164 valence electrons. The van der Waals surface area contributed by atoms with E-state index in [1.165, 1.54) is 11.1 Å². The van der Waals surface area contributed by atoms with Crippen molar-refractivity contribution in [3.8, 4) is 0 Å². The van der Waals surface area contributed by atoms with Gasteiger partial charge in [0.05, 0.1) is 12.2 Å². The molecule has 0 aliphatic heterocycles. The normalized spacial score (nSPS) is 14.4. The highest BCUT2D eigenvalue weighted by Gasteiger charge is 2.18. The Bertz CT molecular complexity index is 843. The molecule has 0 aliphatic rings. The molecule has 0 bridgehead atoms. The van der Waals surface area contributed by atoms with E-state index in [0.29, 0.717) is 0 Å². The minimum absolute atomic E-state index is 0.114. The highest BCUT2D eigenvalue weighted by atomic mass is 16.3. The van der Waals surface area contributed by atoms with Gasteiger partial charge in [0.25, 0.3) is 0 Å². The fourth-order valence-corrected chi connectivity index (χ4v) is 3.76. The minimum Gasteiger partial charge on any atom is -0.388 e. The van der Waals surface area contributed by atoms with Crippen molar-refractivity contribution in [1.82, 2.24) is 0 Å². The van der Waals surface area contributed by atoms with Gasteiger partial charge in [0.15, 0.2) is 0 Å². The first-order valence-electron chi connectivity index (χ1n) is 11.1. The molecule has 4 aromatic rings. The van der Waals surface area contributed by atoms with E-state index in [9.17, 15) is 10.2 Å². The Morgan fingerprint density at radius 1 is 0.375 bits per heavy atom. The number of hydrogen-bond acceptors (Lipinski definition) is 2. The fourth-order valence-electron chi connectivity index (χ4n) is 3.76. The number of hydrogen-bond donors (Lipinski definition) is 2. The van der Waals surface area contributed by atoms with Crippen molar-refractivity contribution < 1.29 is 10.2 Å². The maximum absolute atomic E-state index is 10.2. The van der Waals surface area contributed by atoms with Crippen molar-refractivity contribution in [3.05, 3.63) is 144 Å². The van der Waals surface area contributed by atoms with Crippen molar-refractivity contribution in [1.29, 1.82) is 0 Å². The van der Waals surface area contributed by atoms with Crippen LogP contribution in [0.25, 0.3) is 0 Å². The molecule has 0 fully saturated rings. The Morgan fingerprint density at radius 3 is 0.844 bits per heavy atom. The van der Waals surface area contributed by atoms with Gasteiger partial charge >= 0.3 is 0 Å². The van der Waals surface area contributed by atoms with Crippen LogP contribution in [0.5, 0.6) is 0 Å². The van der Waals surface area contributed by atoms with Crippen LogP contribution >= 0.6 is 0 Å². The summed E-state index contributed by atoms with van der Waals surface area (Å²) in [5.74, 6) is 0.229. The van der Waals surface area contributed by atoms with Crippen LogP contribution < -0.4 is 0 Å². The Hall–Kier alpha value is -3.20. The van der Waals surface area contributed by atoms with E-state index in [0.717, 1.165) is 11.1 Å². The molecule has 0 unspecified atom stereocenters. The third kappa shape index (κ3) is 6.40. The topological polar surface area (TPSA) is 40.5 Å². The van der Waals surface area contributed by atoms with Crippen LogP contribution in [-0.2, 0) is 0 Å². The van der Waals surface area contributed by atoms with Gasteiger partial charge in [-0.1, -0.05) is 135 Å². The maximum Gasteiger partial charge on any atom is 0.0855 e. The molecule has 0 amide bonds. The van der Waals surface area contributed by atoms with Gasteiger partial charge in [-0.2, -0.15) is 0 Å². The molecule has 4 atom stereocenters. The summed E-state index contributed by atoms with van der Waals surface area (Å²) in [6.07, 6.45) is -0.882. The summed E-state index contributed by atoms with van der Waals surface area (Å²) in [4.78, 5) is 0. The lowest BCUT2D eigenvalue weighted by Gasteiger charge is -2.19. The van der Waals surface area contributed by atoms with Gasteiger partial charge in [-0.15, -0.1) is 0 Å². The van der Waals surface area contributed by atoms with Gasteiger partial charge in [-0.25, -0.2) is 0 Å². The standard InChI is InChI=1S/2C15H16O/c2*1-12(13-8-4-2-5-9-13)15(16)14-10-6-3-7-11-14/h2*2-12,15-16H,1H3/t2*12-,15+/m10/s1. The monoisotopic (exact) mass is 424 g/mol. The molecule has 0 spiro atoms. The molecule has 0 radical (unpaired) electrons. The Labute approximate surface area is 191 Å². The second kappa shape index (κ2) is 12.0. The van der Waals surface area contributed by atoms with E-state index in [1.54, 1.807) is 0 Å². The lowest BCUT2D eigenvalue weighted by atomic mass is 9.91. The highest BCUT2D eigenvalue weighted by molar-refractivity contribution is 5.27. The Balaban J connectivity index is 0.000000181. The summed E-state index contributed by atoms with van der Waals surface area (Å²) in [6.45, 7) is 4.10. The molecular weight excluding hydrogens is 392 g/mol. The SMILES string of the molecule is C[C@@H](c1ccccc1)[C@@H](O)c1ccccc1.C[C@H](c1ccccc1)[C@H](O)c1ccccc1. The fraction of sp³-hybridized carbons (Fsp3) is 0.200.